The third kappa shape index (κ3) is 4.28. The van der Waals surface area contributed by atoms with Gasteiger partial charge in [-0.05, 0) is 42.2 Å². The van der Waals surface area contributed by atoms with E-state index in [1.807, 2.05) is 0 Å². The van der Waals surface area contributed by atoms with Crippen molar-refractivity contribution in [1.29, 1.82) is 0 Å². The average Bonchev–Trinajstić information content (AvgIpc) is 2.80. The van der Waals surface area contributed by atoms with E-state index in [1.54, 1.807) is 0 Å². The van der Waals surface area contributed by atoms with Gasteiger partial charge in [0.2, 0.25) is 6.33 Å². The van der Waals surface area contributed by atoms with E-state index in [9.17, 15) is 0 Å². The Balaban J connectivity index is 2.35. The summed E-state index contributed by atoms with van der Waals surface area (Å²) in [6.07, 6.45) is 7.80. The molecule has 0 aliphatic rings. The lowest BCUT2D eigenvalue weighted by Gasteiger charge is -2.40. The third-order valence-corrected chi connectivity index (χ3v) is 8.36. The molecule has 2 nitrogen and oxygen atoms in total. The molecule has 2 aromatic rings. The van der Waals surface area contributed by atoms with Crippen LogP contribution in [0.15, 0.2) is 30.9 Å². The summed E-state index contributed by atoms with van der Waals surface area (Å²) >= 11 is 0. The van der Waals surface area contributed by atoms with Gasteiger partial charge in [0.15, 0.2) is 0 Å². The van der Waals surface area contributed by atoms with E-state index in [0.29, 0.717) is 10.3 Å². The lowest BCUT2D eigenvalue weighted by atomic mass is 10.1. The molecule has 0 aliphatic heterocycles. The number of hydrogen-bond donors (Lipinski definition) is 0. The van der Waals surface area contributed by atoms with E-state index >= 15 is 0 Å². The summed E-state index contributed by atoms with van der Waals surface area (Å²) in [4.78, 5) is 0. The van der Waals surface area contributed by atoms with Crippen LogP contribution in [0, 0.1) is 20.8 Å². The topological polar surface area (TPSA) is 8.81 Å². The van der Waals surface area contributed by atoms with Crippen molar-refractivity contribution in [1.82, 2.24) is 4.57 Å². The van der Waals surface area contributed by atoms with Crippen molar-refractivity contribution in [2.45, 2.75) is 78.9 Å². The number of rotatable bonds is 3. The molecular formula is C21H34N2P+. The van der Waals surface area contributed by atoms with Gasteiger partial charge in [0, 0.05) is 0 Å². The molecule has 24 heavy (non-hydrogen) atoms. The van der Waals surface area contributed by atoms with Crippen molar-refractivity contribution in [2.75, 3.05) is 0 Å². The molecule has 0 fully saturated rings. The first-order valence-corrected chi connectivity index (χ1v) is 10.4. The zero-order valence-electron chi connectivity index (χ0n) is 16.9. The number of hydrogen-bond acceptors (Lipinski definition) is 0. The normalized spacial score (nSPS) is 12.9. The lowest BCUT2D eigenvalue weighted by molar-refractivity contribution is -0.677. The highest BCUT2D eigenvalue weighted by Gasteiger charge is 2.36. The van der Waals surface area contributed by atoms with Crippen LogP contribution < -0.4 is 4.57 Å². The van der Waals surface area contributed by atoms with E-state index in [-0.39, 0.29) is 7.92 Å². The predicted molar refractivity (Wildman–Crippen MR) is 107 cm³/mol. The van der Waals surface area contributed by atoms with Crippen molar-refractivity contribution in [3.63, 3.8) is 0 Å². The Labute approximate surface area is 149 Å². The van der Waals surface area contributed by atoms with Gasteiger partial charge in [-0.3, -0.25) is 0 Å². The van der Waals surface area contributed by atoms with Crippen molar-refractivity contribution < 1.29 is 4.57 Å². The predicted octanol–water partition coefficient (Wildman–Crippen LogP) is 5.73. The Kier molecular flexibility index (Phi) is 5.31. The van der Waals surface area contributed by atoms with Crippen LogP contribution in [0.3, 0.4) is 0 Å². The van der Waals surface area contributed by atoms with Gasteiger partial charge in [-0.15, -0.1) is 0 Å². The molecule has 1 heterocycles. The highest BCUT2D eigenvalue weighted by atomic mass is 31.1. The Morgan fingerprint density at radius 3 is 1.88 bits per heavy atom. The van der Waals surface area contributed by atoms with Gasteiger partial charge in [0.05, 0.1) is 0 Å². The number of aryl methyl sites for hydroxylation is 3. The molecule has 0 saturated heterocycles. The minimum atomic E-state index is -0.145. The van der Waals surface area contributed by atoms with Crippen LogP contribution in [-0.2, 0) is 6.29 Å². The van der Waals surface area contributed by atoms with Gasteiger partial charge in [-0.1, -0.05) is 67.2 Å². The molecule has 0 spiro atoms. The lowest BCUT2D eigenvalue weighted by Crippen LogP contribution is -2.37. The highest BCUT2D eigenvalue weighted by molar-refractivity contribution is 7.59. The number of aromatic nitrogens is 2. The van der Waals surface area contributed by atoms with Gasteiger partial charge in [-0.25, -0.2) is 9.13 Å². The molecule has 0 unspecified atom stereocenters. The van der Waals surface area contributed by atoms with E-state index in [0.717, 1.165) is 6.29 Å². The largest absolute Gasteiger partial charge is 0.249 e. The van der Waals surface area contributed by atoms with Crippen LogP contribution in [0.4, 0.5) is 0 Å². The smallest absolute Gasteiger partial charge is 0.233 e. The summed E-state index contributed by atoms with van der Waals surface area (Å²) in [5.74, 6) is 0. The summed E-state index contributed by atoms with van der Waals surface area (Å²) in [5, 5.41) is 0.691. The van der Waals surface area contributed by atoms with E-state index in [4.69, 9.17) is 0 Å². The van der Waals surface area contributed by atoms with Crippen molar-refractivity contribution in [3.05, 3.63) is 47.5 Å². The first kappa shape index (κ1) is 19.2. The maximum atomic E-state index is 2.38. The third-order valence-electron chi connectivity index (χ3n) is 4.51. The highest BCUT2D eigenvalue weighted by Crippen LogP contribution is 2.59. The quantitative estimate of drug-likeness (QED) is 0.496. The summed E-state index contributed by atoms with van der Waals surface area (Å²) in [7, 11) is -0.145. The average molecular weight is 345 g/mol. The second-order valence-corrected chi connectivity index (χ2v) is 12.8. The van der Waals surface area contributed by atoms with Crippen molar-refractivity contribution >= 4 is 7.92 Å². The Morgan fingerprint density at radius 2 is 1.42 bits per heavy atom. The fourth-order valence-electron chi connectivity index (χ4n) is 3.78. The van der Waals surface area contributed by atoms with E-state index in [2.05, 4.69) is 102 Å². The monoisotopic (exact) mass is 345 g/mol. The second kappa shape index (κ2) is 6.64. The first-order valence-electron chi connectivity index (χ1n) is 8.82. The van der Waals surface area contributed by atoms with Gasteiger partial charge < -0.3 is 0 Å². The fourth-order valence-corrected chi connectivity index (χ4v) is 7.14. The molecule has 0 radical (unpaired) electrons. The van der Waals surface area contributed by atoms with Crippen LogP contribution in [0.1, 0.15) is 58.2 Å². The molecule has 0 atom stereocenters. The molecule has 1 aromatic heterocycles. The Bertz CT molecular complexity index is 677. The molecule has 2 rings (SSSR count). The fraction of sp³-hybridized carbons (Fsp3) is 0.571. The summed E-state index contributed by atoms with van der Waals surface area (Å²) < 4.78 is 4.66. The molecule has 0 bridgehead atoms. The zero-order valence-corrected chi connectivity index (χ0v) is 17.8. The standard InChI is InChI=1S/C21H34N2P/c1-16-12-17(2)19(18(3)13-16)23-11-10-22(14-23)15-24(20(4,5)6)21(7,8)9/h10-14H,15H2,1-9H3/q+1. The maximum absolute atomic E-state index is 2.38. The molecular weight excluding hydrogens is 311 g/mol. The Hall–Kier alpha value is -1.14. The Morgan fingerprint density at radius 1 is 0.917 bits per heavy atom. The van der Waals surface area contributed by atoms with Crippen LogP contribution >= 0.6 is 7.92 Å². The molecule has 0 saturated carbocycles. The summed E-state index contributed by atoms with van der Waals surface area (Å²) in [5.41, 5.74) is 5.32. The minimum absolute atomic E-state index is 0.145. The summed E-state index contributed by atoms with van der Waals surface area (Å²) in [6.45, 7) is 20.9. The van der Waals surface area contributed by atoms with Crippen molar-refractivity contribution in [3.8, 4) is 5.69 Å². The van der Waals surface area contributed by atoms with Gasteiger partial charge >= 0.3 is 0 Å². The van der Waals surface area contributed by atoms with Crippen LogP contribution in [0.5, 0.6) is 0 Å². The SMILES string of the molecule is Cc1cc(C)c(-n2cc[n+](CP(C(C)(C)C)C(C)(C)C)c2)c(C)c1. The number of nitrogens with zero attached hydrogens (tertiary/aromatic N) is 2. The number of benzene rings is 1. The summed E-state index contributed by atoms with van der Waals surface area (Å²) in [6, 6.07) is 4.54. The maximum Gasteiger partial charge on any atom is 0.249 e. The molecule has 0 N–H and O–H groups in total. The molecule has 3 heteroatoms. The van der Waals surface area contributed by atoms with Gasteiger partial charge in [0.1, 0.15) is 24.4 Å². The molecule has 0 aliphatic carbocycles. The van der Waals surface area contributed by atoms with E-state index < -0.39 is 0 Å². The van der Waals surface area contributed by atoms with Crippen LogP contribution in [-0.4, -0.2) is 14.9 Å². The van der Waals surface area contributed by atoms with Crippen LogP contribution in [0.25, 0.3) is 5.69 Å². The molecule has 1 aromatic carbocycles. The molecule has 0 amide bonds. The number of imidazole rings is 1. The van der Waals surface area contributed by atoms with Crippen LogP contribution in [0.2, 0.25) is 0 Å². The first-order chi connectivity index (χ1) is 10.9. The molecule has 132 valence electrons. The zero-order chi connectivity index (χ0) is 18.3. The van der Waals surface area contributed by atoms with E-state index in [1.165, 1.54) is 22.4 Å². The van der Waals surface area contributed by atoms with Crippen molar-refractivity contribution in [2.24, 2.45) is 0 Å². The van der Waals surface area contributed by atoms with Gasteiger partial charge in [-0.2, -0.15) is 0 Å². The minimum Gasteiger partial charge on any atom is -0.233 e. The second-order valence-electron chi connectivity index (χ2n) is 8.99. The van der Waals surface area contributed by atoms with Gasteiger partial charge in [0.25, 0.3) is 0 Å².